The average molecular weight is 489 g/mol. The van der Waals surface area contributed by atoms with Gasteiger partial charge in [-0.1, -0.05) is 28.4 Å². The number of hydrogen-bond acceptors (Lipinski definition) is 7. The fourth-order valence-corrected chi connectivity index (χ4v) is 4.32. The van der Waals surface area contributed by atoms with Gasteiger partial charge in [0.25, 0.3) is 6.01 Å². The van der Waals surface area contributed by atoms with Gasteiger partial charge in [0, 0.05) is 18.0 Å². The minimum absolute atomic E-state index is 0.0314. The van der Waals surface area contributed by atoms with E-state index in [-0.39, 0.29) is 33.6 Å². The number of nitrogens with one attached hydrogen (secondary N) is 1. The van der Waals surface area contributed by atoms with Crippen LogP contribution in [-0.4, -0.2) is 32.6 Å². The van der Waals surface area contributed by atoms with Crippen LogP contribution in [0.4, 0.5) is 0 Å². The predicted octanol–water partition coefficient (Wildman–Crippen LogP) is 4.75. The third kappa shape index (κ3) is 3.98. The van der Waals surface area contributed by atoms with Gasteiger partial charge in [-0.05, 0) is 49.6 Å². The van der Waals surface area contributed by atoms with Crippen molar-refractivity contribution in [2.45, 2.75) is 31.7 Å². The van der Waals surface area contributed by atoms with Gasteiger partial charge in [-0.3, -0.25) is 18.9 Å². The zero-order valence-corrected chi connectivity index (χ0v) is 19.2. The number of benzene rings is 2. The van der Waals surface area contributed by atoms with Gasteiger partial charge < -0.3 is 9.47 Å². The number of halogens is 2. The molecule has 0 spiro atoms. The molecule has 5 rings (SSSR count). The molecule has 1 aliphatic rings. The molecule has 2 aromatic carbocycles. The molecule has 1 saturated carbocycles. The van der Waals surface area contributed by atoms with Gasteiger partial charge in [0.2, 0.25) is 11.6 Å². The Hall–Kier alpha value is -3.30. The molecule has 0 atom stereocenters. The van der Waals surface area contributed by atoms with Gasteiger partial charge >= 0.3 is 5.76 Å². The summed E-state index contributed by atoms with van der Waals surface area (Å²) in [5, 5.41) is 3.86. The number of aromatic nitrogens is 4. The van der Waals surface area contributed by atoms with E-state index in [2.05, 4.69) is 31.1 Å². The molecule has 4 aromatic rings. The summed E-state index contributed by atoms with van der Waals surface area (Å²) >= 11 is 12.9. The maximum atomic E-state index is 12.3. The number of carbonyl (C=O) groups is 1. The number of fused-ring (bicyclic) bond motifs is 1. The summed E-state index contributed by atoms with van der Waals surface area (Å²) in [6, 6.07) is 9.22. The molecule has 2 heterocycles. The molecule has 0 unspecified atom stereocenters. The summed E-state index contributed by atoms with van der Waals surface area (Å²) in [6.07, 6.45) is 2.01. The van der Waals surface area contributed by atoms with Crippen LogP contribution in [0.15, 0.2) is 39.6 Å². The Morgan fingerprint density at radius 1 is 1.24 bits per heavy atom. The predicted molar refractivity (Wildman–Crippen MR) is 121 cm³/mol. The van der Waals surface area contributed by atoms with Crippen molar-refractivity contribution < 1.29 is 18.8 Å². The van der Waals surface area contributed by atoms with Crippen molar-refractivity contribution in [2.24, 2.45) is 0 Å². The molecule has 0 radical (unpaired) electrons. The van der Waals surface area contributed by atoms with Gasteiger partial charge in [0.1, 0.15) is 5.75 Å². The fraction of sp³-hybridized carbons (Fsp3) is 0.273. The summed E-state index contributed by atoms with van der Waals surface area (Å²) in [7, 11) is 1.60. The van der Waals surface area contributed by atoms with E-state index in [1.807, 2.05) is 12.1 Å². The molecule has 2 aromatic heterocycles. The highest BCUT2D eigenvalue weighted by Crippen LogP contribution is 2.48. The molecule has 11 heteroatoms. The van der Waals surface area contributed by atoms with E-state index in [1.165, 1.54) is 0 Å². The lowest BCUT2D eigenvalue weighted by Gasteiger charge is -2.15. The fourth-order valence-electron chi connectivity index (χ4n) is 3.71. The number of aromatic amines is 1. The van der Waals surface area contributed by atoms with Crippen molar-refractivity contribution >= 4 is 40.0 Å². The molecule has 1 N–H and O–H groups in total. The van der Waals surface area contributed by atoms with Gasteiger partial charge in [-0.25, -0.2) is 4.79 Å². The number of Topliss-reactive ketones (excluding diaryl/α,β-unsaturated/α-hetero) is 1. The Labute approximate surface area is 197 Å². The smallest absolute Gasteiger partial charge is 0.439 e. The molecular formula is C22H18Cl2N4O5. The quantitative estimate of drug-likeness (QED) is 0.373. The summed E-state index contributed by atoms with van der Waals surface area (Å²) in [5.41, 5.74) is 2.19. The first-order valence-electron chi connectivity index (χ1n) is 10.1. The van der Waals surface area contributed by atoms with Crippen LogP contribution in [0, 0.1) is 0 Å². The van der Waals surface area contributed by atoms with E-state index in [1.54, 1.807) is 25.3 Å². The first-order chi connectivity index (χ1) is 15.8. The molecule has 0 aliphatic heterocycles. The standard InChI is InChI=1S/C22H18Cl2N4O5/c1-22(5-6-22)28-16-10-12(3-4-15(16)25-20(28)31-2)32-18-13(23)7-11(8-14(18)24)9-17(29)19-26-21(30)33-27-19/h3-4,7-8,10H,5-6,9H2,1-2H3,(H,26,27,30). The molecule has 1 fully saturated rings. The van der Waals surface area contributed by atoms with Crippen molar-refractivity contribution in [2.75, 3.05) is 7.11 Å². The van der Waals surface area contributed by atoms with Crippen molar-refractivity contribution in [1.29, 1.82) is 0 Å². The second kappa shape index (κ2) is 7.93. The lowest BCUT2D eigenvalue weighted by atomic mass is 10.1. The number of nitrogens with zero attached hydrogens (tertiary/aromatic N) is 3. The van der Waals surface area contributed by atoms with Gasteiger partial charge in [-0.2, -0.15) is 4.98 Å². The Balaban J connectivity index is 1.43. The molecule has 0 amide bonds. The number of hydrogen-bond donors (Lipinski definition) is 1. The van der Waals surface area contributed by atoms with Crippen LogP contribution in [0.2, 0.25) is 10.0 Å². The maximum absolute atomic E-state index is 12.3. The number of ether oxygens (including phenoxy) is 2. The van der Waals surface area contributed by atoms with Crippen LogP contribution >= 0.6 is 23.2 Å². The van der Waals surface area contributed by atoms with Gasteiger partial charge in [-0.15, -0.1) is 0 Å². The second-order valence-electron chi connectivity index (χ2n) is 8.12. The third-order valence-electron chi connectivity index (χ3n) is 5.64. The molecular weight excluding hydrogens is 471 g/mol. The highest BCUT2D eigenvalue weighted by molar-refractivity contribution is 6.37. The van der Waals surface area contributed by atoms with Crippen molar-refractivity contribution in [3.05, 3.63) is 62.3 Å². The average Bonchev–Trinajstić information content (AvgIpc) is 3.19. The first kappa shape index (κ1) is 21.5. The van der Waals surface area contributed by atoms with Crippen LogP contribution < -0.4 is 15.2 Å². The minimum atomic E-state index is -0.801. The number of methoxy groups -OCH3 is 1. The van der Waals surface area contributed by atoms with Crippen molar-refractivity contribution in [3.8, 4) is 17.5 Å². The Kier molecular flexibility index (Phi) is 5.18. The number of ketones is 1. The Bertz CT molecular complexity index is 1430. The van der Waals surface area contributed by atoms with Crippen LogP contribution in [-0.2, 0) is 12.0 Å². The van der Waals surface area contributed by atoms with E-state index in [0.29, 0.717) is 17.3 Å². The molecule has 33 heavy (non-hydrogen) atoms. The lowest BCUT2D eigenvalue weighted by Crippen LogP contribution is -2.13. The zero-order valence-electron chi connectivity index (χ0n) is 17.6. The van der Waals surface area contributed by atoms with E-state index in [4.69, 9.17) is 32.7 Å². The largest absolute Gasteiger partial charge is 0.468 e. The van der Waals surface area contributed by atoms with Crippen LogP contribution in [0.25, 0.3) is 11.0 Å². The summed E-state index contributed by atoms with van der Waals surface area (Å²) in [6.45, 7) is 2.16. The summed E-state index contributed by atoms with van der Waals surface area (Å²) < 4.78 is 17.9. The first-order valence-corrected chi connectivity index (χ1v) is 10.8. The Morgan fingerprint density at radius 3 is 2.58 bits per heavy atom. The summed E-state index contributed by atoms with van der Waals surface area (Å²) in [4.78, 5) is 30.1. The SMILES string of the molecule is COc1nc2ccc(Oc3c(Cl)cc(CC(=O)c4noc(=O)[nH]4)cc3Cl)cc2n1C1(C)CC1. The van der Waals surface area contributed by atoms with Crippen molar-refractivity contribution in [3.63, 3.8) is 0 Å². The van der Waals surface area contributed by atoms with Gasteiger partial charge in [0.15, 0.2) is 5.75 Å². The van der Waals surface area contributed by atoms with Crippen LogP contribution in [0.5, 0.6) is 17.5 Å². The third-order valence-corrected chi connectivity index (χ3v) is 6.20. The Morgan fingerprint density at radius 2 is 1.97 bits per heavy atom. The van der Waals surface area contributed by atoms with Crippen molar-refractivity contribution in [1.82, 2.24) is 19.7 Å². The van der Waals surface area contributed by atoms with E-state index in [0.717, 1.165) is 23.9 Å². The molecule has 1 aliphatic carbocycles. The molecule has 0 saturated heterocycles. The maximum Gasteiger partial charge on any atom is 0.439 e. The van der Waals surface area contributed by atoms with E-state index < -0.39 is 11.5 Å². The summed E-state index contributed by atoms with van der Waals surface area (Å²) in [5.74, 6) is -0.618. The number of carbonyl (C=O) groups excluding carboxylic acids is 1. The second-order valence-corrected chi connectivity index (χ2v) is 8.93. The normalized spacial score (nSPS) is 14.4. The van der Waals surface area contributed by atoms with E-state index >= 15 is 0 Å². The lowest BCUT2D eigenvalue weighted by molar-refractivity contribution is 0.0980. The van der Waals surface area contributed by atoms with Gasteiger partial charge in [0.05, 0.1) is 28.2 Å². The van der Waals surface area contributed by atoms with Crippen LogP contribution in [0.1, 0.15) is 35.9 Å². The topological polar surface area (TPSA) is 112 Å². The van der Waals surface area contributed by atoms with Crippen LogP contribution in [0.3, 0.4) is 0 Å². The highest BCUT2D eigenvalue weighted by atomic mass is 35.5. The molecule has 170 valence electrons. The number of rotatable bonds is 7. The molecule has 9 nitrogen and oxygen atoms in total. The molecule has 0 bridgehead atoms. The van der Waals surface area contributed by atoms with E-state index in [9.17, 15) is 9.59 Å². The number of H-pyrrole nitrogens is 1. The zero-order chi connectivity index (χ0) is 23.3. The number of imidazole rings is 1. The highest BCUT2D eigenvalue weighted by Gasteiger charge is 2.42. The minimum Gasteiger partial charge on any atom is -0.468 e. The monoisotopic (exact) mass is 488 g/mol.